The fourth-order valence-electron chi connectivity index (χ4n) is 1.19. The van der Waals surface area contributed by atoms with Crippen molar-refractivity contribution in [2.75, 3.05) is 0 Å². The summed E-state index contributed by atoms with van der Waals surface area (Å²) in [7, 11) is 0. The molecule has 0 saturated heterocycles. The molecule has 0 atom stereocenters. The predicted molar refractivity (Wildman–Crippen MR) is 63.1 cm³/mol. The second kappa shape index (κ2) is 5.94. The van der Waals surface area contributed by atoms with E-state index in [1.54, 1.807) is 12.3 Å². The maximum atomic E-state index is 8.88. The number of aromatic nitrogens is 1. The topological polar surface area (TPSA) is 33.1 Å². The molecular weight excluding hydrogens is 186 g/mol. The van der Waals surface area contributed by atoms with E-state index >= 15 is 0 Å². The number of pyridine rings is 1. The van der Waals surface area contributed by atoms with Gasteiger partial charge in [-0.25, -0.2) is 0 Å². The van der Waals surface area contributed by atoms with Crippen molar-refractivity contribution in [2.45, 2.75) is 13.5 Å². The van der Waals surface area contributed by atoms with Crippen molar-refractivity contribution in [1.29, 1.82) is 0 Å². The molecule has 1 aromatic rings. The normalized spacial score (nSPS) is 12.0. The van der Waals surface area contributed by atoms with Crippen LogP contribution in [0.2, 0.25) is 0 Å². The molecule has 0 saturated carbocycles. The lowest BCUT2D eigenvalue weighted by Gasteiger charge is -2.01. The molecule has 0 aliphatic heterocycles. The van der Waals surface area contributed by atoms with Crippen LogP contribution in [0.5, 0.6) is 0 Å². The van der Waals surface area contributed by atoms with Crippen LogP contribution in [0.4, 0.5) is 0 Å². The smallest absolute Gasteiger partial charge is 0.0698 e. The van der Waals surface area contributed by atoms with E-state index in [0.29, 0.717) is 0 Å². The first-order valence-corrected chi connectivity index (χ1v) is 4.83. The van der Waals surface area contributed by atoms with E-state index in [1.807, 2.05) is 37.3 Å². The summed E-state index contributed by atoms with van der Waals surface area (Å²) in [6, 6.07) is 3.77. The molecule has 0 aliphatic rings. The third-order valence-electron chi connectivity index (χ3n) is 2.03. The maximum Gasteiger partial charge on any atom is 0.0698 e. The molecule has 1 heterocycles. The highest BCUT2D eigenvalue weighted by Gasteiger charge is 1.98. The summed E-state index contributed by atoms with van der Waals surface area (Å²) < 4.78 is 0. The van der Waals surface area contributed by atoms with Gasteiger partial charge in [-0.05, 0) is 24.1 Å². The van der Waals surface area contributed by atoms with Crippen molar-refractivity contribution in [3.8, 4) is 0 Å². The van der Waals surface area contributed by atoms with E-state index in [0.717, 1.165) is 16.8 Å². The van der Waals surface area contributed by atoms with Crippen LogP contribution in [0.3, 0.4) is 0 Å². The Hall–Kier alpha value is -1.67. The molecule has 15 heavy (non-hydrogen) atoms. The monoisotopic (exact) mass is 201 g/mol. The van der Waals surface area contributed by atoms with Crippen LogP contribution in [-0.4, -0.2) is 10.1 Å². The average Bonchev–Trinajstić information content (AvgIpc) is 2.31. The second-order valence-corrected chi connectivity index (χ2v) is 3.05. The van der Waals surface area contributed by atoms with Crippen LogP contribution in [-0.2, 0) is 6.61 Å². The summed E-state index contributed by atoms with van der Waals surface area (Å²) in [5, 5.41) is 8.88. The number of allylic oxidation sites excluding steroid dienone is 5. The Labute approximate surface area is 90.3 Å². The summed E-state index contributed by atoms with van der Waals surface area (Å²) in [6.07, 6.45) is 9.22. The van der Waals surface area contributed by atoms with E-state index in [-0.39, 0.29) is 6.61 Å². The minimum Gasteiger partial charge on any atom is -0.392 e. The van der Waals surface area contributed by atoms with Gasteiger partial charge in [-0.1, -0.05) is 36.9 Å². The Balaban J connectivity index is 2.93. The zero-order valence-corrected chi connectivity index (χ0v) is 8.85. The number of rotatable bonds is 4. The number of hydrogen-bond acceptors (Lipinski definition) is 2. The van der Waals surface area contributed by atoms with Gasteiger partial charge in [-0.2, -0.15) is 0 Å². The zero-order valence-electron chi connectivity index (χ0n) is 8.85. The molecule has 78 valence electrons. The molecule has 1 rings (SSSR count). The van der Waals surface area contributed by atoms with Crippen LogP contribution >= 0.6 is 0 Å². The SMILES string of the molecule is C=C/C=C\C(=C/C)c1ccc(CO)cn1. The lowest BCUT2D eigenvalue weighted by Crippen LogP contribution is -1.90. The minimum atomic E-state index is 0.0287. The quantitative estimate of drug-likeness (QED) is 0.760. The number of hydrogen-bond donors (Lipinski definition) is 1. The number of aliphatic hydroxyl groups is 1. The first-order valence-electron chi connectivity index (χ1n) is 4.83. The minimum absolute atomic E-state index is 0.0287. The highest BCUT2D eigenvalue weighted by Crippen LogP contribution is 2.13. The van der Waals surface area contributed by atoms with Crippen LogP contribution in [0, 0.1) is 0 Å². The first kappa shape index (κ1) is 11.4. The third kappa shape index (κ3) is 3.18. The van der Waals surface area contributed by atoms with Crippen LogP contribution < -0.4 is 0 Å². The molecule has 0 spiro atoms. The maximum absolute atomic E-state index is 8.88. The van der Waals surface area contributed by atoms with Gasteiger partial charge in [-0.15, -0.1) is 0 Å². The number of aliphatic hydroxyl groups excluding tert-OH is 1. The van der Waals surface area contributed by atoms with Crippen molar-refractivity contribution < 1.29 is 5.11 Å². The van der Waals surface area contributed by atoms with Gasteiger partial charge in [0.15, 0.2) is 0 Å². The van der Waals surface area contributed by atoms with E-state index in [9.17, 15) is 0 Å². The van der Waals surface area contributed by atoms with E-state index in [1.165, 1.54) is 0 Å². The van der Waals surface area contributed by atoms with Gasteiger partial charge < -0.3 is 5.11 Å². The summed E-state index contributed by atoms with van der Waals surface area (Å²) in [5.74, 6) is 0. The van der Waals surface area contributed by atoms with Crippen molar-refractivity contribution >= 4 is 5.57 Å². The molecule has 1 aromatic heterocycles. The molecule has 0 amide bonds. The Morgan fingerprint density at radius 3 is 2.80 bits per heavy atom. The fraction of sp³-hybridized carbons (Fsp3) is 0.154. The third-order valence-corrected chi connectivity index (χ3v) is 2.03. The Kier molecular flexibility index (Phi) is 4.51. The molecule has 0 aromatic carbocycles. The summed E-state index contributed by atoms with van der Waals surface area (Å²) in [6.45, 7) is 5.61. The van der Waals surface area contributed by atoms with Gasteiger partial charge in [0.25, 0.3) is 0 Å². The Bertz CT molecular complexity index is 374. The van der Waals surface area contributed by atoms with Gasteiger partial charge in [0.05, 0.1) is 12.3 Å². The fourth-order valence-corrected chi connectivity index (χ4v) is 1.19. The molecule has 1 N–H and O–H groups in total. The van der Waals surface area contributed by atoms with E-state index < -0.39 is 0 Å². The van der Waals surface area contributed by atoms with Gasteiger partial charge in [-0.3, -0.25) is 4.98 Å². The van der Waals surface area contributed by atoms with Crippen molar-refractivity contribution in [3.63, 3.8) is 0 Å². The summed E-state index contributed by atoms with van der Waals surface area (Å²) in [5.41, 5.74) is 2.76. The van der Waals surface area contributed by atoms with Crippen molar-refractivity contribution in [1.82, 2.24) is 4.98 Å². The van der Waals surface area contributed by atoms with Crippen molar-refractivity contribution in [2.24, 2.45) is 0 Å². The number of nitrogens with zero attached hydrogens (tertiary/aromatic N) is 1. The van der Waals surface area contributed by atoms with Crippen LogP contribution in [0.1, 0.15) is 18.2 Å². The summed E-state index contributed by atoms with van der Waals surface area (Å²) in [4.78, 5) is 4.26. The molecule has 2 nitrogen and oxygen atoms in total. The summed E-state index contributed by atoms with van der Waals surface area (Å²) >= 11 is 0. The average molecular weight is 201 g/mol. The van der Waals surface area contributed by atoms with E-state index in [4.69, 9.17) is 5.11 Å². The zero-order chi connectivity index (χ0) is 11.1. The molecule has 0 aliphatic carbocycles. The van der Waals surface area contributed by atoms with Gasteiger partial charge >= 0.3 is 0 Å². The molecule has 0 radical (unpaired) electrons. The molecule has 0 fully saturated rings. The predicted octanol–water partition coefficient (Wildman–Crippen LogP) is 2.72. The standard InChI is InChI=1S/C13H15NO/c1-3-5-6-12(4-2)13-8-7-11(10-15)9-14-13/h3-9,15H,1,10H2,2H3/b6-5-,12-4+. The van der Waals surface area contributed by atoms with E-state index in [2.05, 4.69) is 11.6 Å². The first-order chi connectivity index (χ1) is 7.31. The largest absolute Gasteiger partial charge is 0.392 e. The van der Waals surface area contributed by atoms with Crippen molar-refractivity contribution in [3.05, 3.63) is 60.5 Å². The Morgan fingerprint density at radius 1 is 1.53 bits per heavy atom. The molecule has 0 unspecified atom stereocenters. The molecule has 0 bridgehead atoms. The van der Waals surface area contributed by atoms with Gasteiger partial charge in [0.2, 0.25) is 0 Å². The van der Waals surface area contributed by atoms with Crippen LogP contribution in [0.25, 0.3) is 5.57 Å². The highest BCUT2D eigenvalue weighted by atomic mass is 16.3. The second-order valence-electron chi connectivity index (χ2n) is 3.05. The van der Waals surface area contributed by atoms with Crippen LogP contribution in [0.15, 0.2) is 49.2 Å². The van der Waals surface area contributed by atoms with Gasteiger partial charge in [0.1, 0.15) is 0 Å². The molecule has 2 heteroatoms. The lowest BCUT2D eigenvalue weighted by molar-refractivity contribution is 0.281. The molecular formula is C13H15NO. The lowest BCUT2D eigenvalue weighted by atomic mass is 10.1. The Morgan fingerprint density at radius 2 is 2.33 bits per heavy atom. The van der Waals surface area contributed by atoms with Gasteiger partial charge in [0, 0.05) is 6.20 Å². The highest BCUT2D eigenvalue weighted by molar-refractivity contribution is 5.71.